The Bertz CT molecular complexity index is 399. The SMILES string of the molecule is CC1(N)C=C(CN[C@]2(C)C=CC=CC2)C=CC1. The van der Waals surface area contributed by atoms with E-state index >= 15 is 0 Å². The molecular weight excluding hydrogens is 208 g/mol. The third kappa shape index (κ3) is 3.42. The molecule has 0 bridgehead atoms. The van der Waals surface area contributed by atoms with Crippen LogP contribution in [-0.2, 0) is 0 Å². The predicted molar refractivity (Wildman–Crippen MR) is 73.7 cm³/mol. The van der Waals surface area contributed by atoms with E-state index in [4.69, 9.17) is 5.73 Å². The van der Waals surface area contributed by atoms with Crippen molar-refractivity contribution in [2.24, 2.45) is 5.73 Å². The van der Waals surface area contributed by atoms with Gasteiger partial charge in [0.1, 0.15) is 0 Å². The highest BCUT2D eigenvalue weighted by molar-refractivity contribution is 5.31. The summed E-state index contributed by atoms with van der Waals surface area (Å²) in [4.78, 5) is 0. The van der Waals surface area contributed by atoms with Gasteiger partial charge in [0.05, 0.1) is 0 Å². The van der Waals surface area contributed by atoms with Gasteiger partial charge in [-0.3, -0.25) is 0 Å². The number of rotatable bonds is 3. The minimum atomic E-state index is -0.186. The Labute approximate surface area is 104 Å². The molecule has 0 aromatic rings. The van der Waals surface area contributed by atoms with Crippen LogP contribution in [0, 0.1) is 0 Å². The lowest BCUT2D eigenvalue weighted by atomic mass is 9.89. The third-order valence-corrected chi connectivity index (χ3v) is 3.35. The average Bonchev–Trinajstić information content (AvgIpc) is 2.26. The van der Waals surface area contributed by atoms with Gasteiger partial charge in [0.25, 0.3) is 0 Å². The van der Waals surface area contributed by atoms with Crippen LogP contribution in [0.15, 0.2) is 48.1 Å². The van der Waals surface area contributed by atoms with Crippen molar-refractivity contribution >= 4 is 0 Å². The van der Waals surface area contributed by atoms with Crippen LogP contribution in [0.1, 0.15) is 26.7 Å². The summed E-state index contributed by atoms with van der Waals surface area (Å²) < 4.78 is 0. The van der Waals surface area contributed by atoms with Gasteiger partial charge in [0.2, 0.25) is 0 Å². The zero-order valence-corrected chi connectivity index (χ0v) is 10.7. The summed E-state index contributed by atoms with van der Waals surface area (Å²) in [6, 6.07) is 0. The number of allylic oxidation sites excluding steroid dienone is 2. The maximum Gasteiger partial charge on any atom is 0.0376 e. The largest absolute Gasteiger partial charge is 0.322 e. The molecule has 0 aromatic carbocycles. The van der Waals surface area contributed by atoms with Gasteiger partial charge in [-0.2, -0.15) is 0 Å². The summed E-state index contributed by atoms with van der Waals surface area (Å²) in [5.41, 5.74) is 7.30. The molecule has 2 nitrogen and oxygen atoms in total. The first-order valence-electron chi connectivity index (χ1n) is 6.26. The second-order valence-corrected chi connectivity index (χ2v) is 5.59. The highest BCUT2D eigenvalue weighted by atomic mass is 15.0. The first kappa shape index (κ1) is 12.3. The van der Waals surface area contributed by atoms with E-state index in [1.54, 1.807) is 0 Å². The predicted octanol–water partition coefficient (Wildman–Crippen LogP) is 2.45. The molecule has 92 valence electrons. The molecule has 2 heteroatoms. The second kappa shape index (κ2) is 4.63. The first-order valence-corrected chi connectivity index (χ1v) is 6.26. The Hall–Kier alpha value is -1.12. The Kier molecular flexibility index (Phi) is 3.36. The minimum Gasteiger partial charge on any atom is -0.322 e. The standard InChI is InChI=1S/C15H22N2/c1-14(16)8-6-7-13(11-14)12-17-15(2)9-4-3-5-10-15/h3-7,9,11,17H,8,10,12,16H2,1-2H3/t14?,15-/m1/s1. The van der Waals surface area contributed by atoms with E-state index in [0.717, 1.165) is 19.4 Å². The summed E-state index contributed by atoms with van der Waals surface area (Å²) in [6.45, 7) is 5.17. The van der Waals surface area contributed by atoms with Gasteiger partial charge in [-0.1, -0.05) is 42.5 Å². The lowest BCUT2D eigenvalue weighted by molar-refractivity contribution is 0.455. The third-order valence-electron chi connectivity index (χ3n) is 3.35. The monoisotopic (exact) mass is 230 g/mol. The first-order chi connectivity index (χ1) is 7.99. The van der Waals surface area contributed by atoms with Gasteiger partial charge < -0.3 is 11.1 Å². The molecule has 2 atom stereocenters. The van der Waals surface area contributed by atoms with Crippen molar-refractivity contribution in [3.63, 3.8) is 0 Å². The van der Waals surface area contributed by atoms with E-state index in [9.17, 15) is 0 Å². The van der Waals surface area contributed by atoms with E-state index in [0.29, 0.717) is 0 Å². The van der Waals surface area contributed by atoms with Crippen molar-refractivity contribution in [2.45, 2.75) is 37.8 Å². The van der Waals surface area contributed by atoms with Crippen molar-refractivity contribution in [3.8, 4) is 0 Å². The van der Waals surface area contributed by atoms with Gasteiger partial charge in [-0.25, -0.2) is 0 Å². The molecule has 2 aliphatic carbocycles. The maximum absolute atomic E-state index is 6.13. The molecule has 0 radical (unpaired) electrons. The smallest absolute Gasteiger partial charge is 0.0376 e. The zero-order valence-electron chi connectivity index (χ0n) is 10.7. The van der Waals surface area contributed by atoms with Crippen molar-refractivity contribution in [2.75, 3.05) is 6.54 Å². The van der Waals surface area contributed by atoms with Crippen molar-refractivity contribution < 1.29 is 0 Å². The molecule has 0 fully saturated rings. The van der Waals surface area contributed by atoms with E-state index in [2.05, 4.69) is 61.7 Å². The van der Waals surface area contributed by atoms with Gasteiger partial charge in [0.15, 0.2) is 0 Å². The Morgan fingerprint density at radius 3 is 2.71 bits per heavy atom. The molecule has 0 saturated heterocycles. The van der Waals surface area contributed by atoms with Crippen molar-refractivity contribution in [3.05, 3.63) is 48.1 Å². The zero-order chi connectivity index (χ0) is 12.4. The molecule has 0 aliphatic heterocycles. The Morgan fingerprint density at radius 1 is 1.24 bits per heavy atom. The lowest BCUT2D eigenvalue weighted by Crippen LogP contribution is -2.42. The molecule has 0 heterocycles. The molecule has 0 aromatic heterocycles. The quantitative estimate of drug-likeness (QED) is 0.781. The van der Waals surface area contributed by atoms with E-state index in [-0.39, 0.29) is 11.1 Å². The highest BCUT2D eigenvalue weighted by Crippen LogP contribution is 2.20. The molecular formula is C15H22N2. The van der Waals surface area contributed by atoms with Crippen LogP contribution in [0.3, 0.4) is 0 Å². The maximum atomic E-state index is 6.13. The van der Waals surface area contributed by atoms with E-state index in [1.165, 1.54) is 5.57 Å². The van der Waals surface area contributed by atoms with Gasteiger partial charge in [-0.15, -0.1) is 0 Å². The van der Waals surface area contributed by atoms with Crippen LogP contribution in [0.25, 0.3) is 0 Å². The van der Waals surface area contributed by atoms with Crippen LogP contribution in [0.4, 0.5) is 0 Å². The fourth-order valence-electron chi connectivity index (χ4n) is 2.27. The topological polar surface area (TPSA) is 38.0 Å². The fraction of sp³-hybridized carbons (Fsp3) is 0.467. The second-order valence-electron chi connectivity index (χ2n) is 5.59. The molecule has 2 rings (SSSR count). The van der Waals surface area contributed by atoms with Gasteiger partial charge in [0, 0.05) is 17.6 Å². The molecule has 0 spiro atoms. The number of hydrogen-bond donors (Lipinski definition) is 2. The van der Waals surface area contributed by atoms with Crippen LogP contribution >= 0.6 is 0 Å². The molecule has 3 N–H and O–H groups in total. The summed E-state index contributed by atoms with van der Waals surface area (Å²) in [7, 11) is 0. The summed E-state index contributed by atoms with van der Waals surface area (Å²) in [6.07, 6.45) is 17.1. The Morgan fingerprint density at radius 2 is 2.06 bits per heavy atom. The Balaban J connectivity index is 1.95. The number of hydrogen-bond acceptors (Lipinski definition) is 2. The normalized spacial score (nSPS) is 36.1. The molecule has 1 unspecified atom stereocenters. The van der Waals surface area contributed by atoms with Crippen LogP contribution in [0.5, 0.6) is 0 Å². The summed E-state index contributed by atoms with van der Waals surface area (Å²) in [5, 5.41) is 3.59. The highest BCUT2D eigenvalue weighted by Gasteiger charge is 2.22. The summed E-state index contributed by atoms with van der Waals surface area (Å²) in [5.74, 6) is 0. The average molecular weight is 230 g/mol. The van der Waals surface area contributed by atoms with Crippen LogP contribution < -0.4 is 11.1 Å². The minimum absolute atomic E-state index is 0.0753. The van der Waals surface area contributed by atoms with Crippen molar-refractivity contribution in [1.29, 1.82) is 0 Å². The summed E-state index contributed by atoms with van der Waals surface area (Å²) >= 11 is 0. The van der Waals surface area contributed by atoms with Gasteiger partial charge >= 0.3 is 0 Å². The molecule has 0 saturated carbocycles. The molecule has 17 heavy (non-hydrogen) atoms. The van der Waals surface area contributed by atoms with Crippen LogP contribution in [0.2, 0.25) is 0 Å². The lowest BCUT2D eigenvalue weighted by Gasteiger charge is -2.30. The van der Waals surface area contributed by atoms with Gasteiger partial charge in [-0.05, 0) is 32.3 Å². The number of nitrogens with two attached hydrogens (primary N) is 1. The van der Waals surface area contributed by atoms with Crippen LogP contribution in [-0.4, -0.2) is 17.6 Å². The number of nitrogens with one attached hydrogen (secondary N) is 1. The van der Waals surface area contributed by atoms with Crippen molar-refractivity contribution in [1.82, 2.24) is 5.32 Å². The molecule has 2 aliphatic rings. The van der Waals surface area contributed by atoms with E-state index in [1.807, 2.05) is 0 Å². The van der Waals surface area contributed by atoms with E-state index < -0.39 is 0 Å². The fourth-order valence-corrected chi connectivity index (χ4v) is 2.27. The molecule has 0 amide bonds.